The number of benzene rings is 1. The molecule has 0 aliphatic carbocycles. The van der Waals surface area contributed by atoms with Gasteiger partial charge in [-0.2, -0.15) is 0 Å². The summed E-state index contributed by atoms with van der Waals surface area (Å²) in [7, 11) is -9.82. The summed E-state index contributed by atoms with van der Waals surface area (Å²) >= 11 is 5.15. The third-order valence-corrected chi connectivity index (χ3v) is 4.25. The summed E-state index contributed by atoms with van der Waals surface area (Å²) in [6, 6.07) is 0.224. The summed E-state index contributed by atoms with van der Waals surface area (Å²) in [6.07, 6.45) is 0. The lowest BCUT2D eigenvalue weighted by Crippen LogP contribution is -2.07. The van der Waals surface area contributed by atoms with Crippen LogP contribution in [-0.2, 0) is 9.05 Å². The van der Waals surface area contributed by atoms with Crippen LogP contribution in [0.15, 0.2) is 28.0 Å². The Morgan fingerprint density at radius 1 is 1.00 bits per heavy atom. The molecule has 0 unspecified atom stereocenters. The van der Waals surface area contributed by atoms with Crippen LogP contribution in [0, 0.1) is 0 Å². The van der Waals surface area contributed by atoms with Gasteiger partial charge in [0.2, 0.25) is 0 Å². The SMILES string of the molecule is O=S(=O)(Cl)c1cc(Cl)cc(S(F)(F)(F)(F)F)c1. The Bertz CT molecular complexity index is 580. The maximum absolute atomic E-state index is 12.4. The lowest BCUT2D eigenvalue weighted by molar-refractivity contribution is 0.363. The van der Waals surface area contributed by atoms with Crippen molar-refractivity contribution >= 4 is 41.6 Å². The molecule has 1 aromatic carbocycles. The highest BCUT2D eigenvalue weighted by Gasteiger charge is 2.65. The van der Waals surface area contributed by atoms with E-state index in [4.69, 9.17) is 22.3 Å². The van der Waals surface area contributed by atoms with E-state index in [1.807, 2.05) is 0 Å². The van der Waals surface area contributed by atoms with Gasteiger partial charge in [-0.25, -0.2) is 8.42 Å². The average molecular weight is 337 g/mol. The molecule has 1 rings (SSSR count). The first-order chi connectivity index (χ1) is 7.09. The minimum atomic E-state index is -9.99. The summed E-state index contributed by atoms with van der Waals surface area (Å²) < 4.78 is 83.6. The number of hydrogen-bond donors (Lipinski definition) is 0. The smallest absolute Gasteiger partial charge is 0.207 e. The Kier molecular flexibility index (Phi) is 2.78. The minimum Gasteiger partial charge on any atom is -0.207 e. The molecule has 0 radical (unpaired) electrons. The summed E-state index contributed by atoms with van der Waals surface area (Å²) in [5.74, 6) is 0. The molecule has 0 atom stereocenters. The molecule has 0 aliphatic rings. The molecule has 0 fully saturated rings. The average Bonchev–Trinajstić information content (AvgIpc) is 1.96. The van der Waals surface area contributed by atoms with Crippen molar-refractivity contribution in [3.05, 3.63) is 23.2 Å². The highest BCUT2D eigenvalue weighted by atomic mass is 35.7. The molecular formula is C6H3Cl2F5O2S2. The van der Waals surface area contributed by atoms with Crippen LogP contribution in [-0.4, -0.2) is 8.42 Å². The summed E-state index contributed by atoms with van der Waals surface area (Å²) in [4.78, 5) is -3.55. The van der Waals surface area contributed by atoms with E-state index in [-0.39, 0.29) is 12.1 Å². The standard InChI is InChI=1S/C6H3Cl2F5O2S2/c7-4-1-5(16(8,14)15)3-6(2-4)17(9,10,11,12)13/h1-3H. The van der Waals surface area contributed by atoms with Gasteiger partial charge in [0.1, 0.15) is 4.90 Å². The van der Waals surface area contributed by atoms with Gasteiger partial charge in [-0.15, -0.1) is 0 Å². The largest absolute Gasteiger partial charge is 0.310 e. The topological polar surface area (TPSA) is 34.1 Å². The Balaban J connectivity index is 3.68. The van der Waals surface area contributed by atoms with Crippen molar-refractivity contribution in [1.29, 1.82) is 0 Å². The predicted octanol–water partition coefficient (Wildman–Crippen LogP) is 4.92. The van der Waals surface area contributed by atoms with Crippen LogP contribution in [0.5, 0.6) is 0 Å². The number of rotatable bonds is 2. The van der Waals surface area contributed by atoms with Crippen LogP contribution in [0.25, 0.3) is 0 Å². The maximum atomic E-state index is 12.4. The summed E-state index contributed by atoms with van der Waals surface area (Å²) in [5.41, 5.74) is 0. The van der Waals surface area contributed by atoms with Gasteiger partial charge in [-0.05, 0) is 18.2 Å². The van der Waals surface area contributed by atoms with Crippen LogP contribution in [0.3, 0.4) is 0 Å². The third kappa shape index (κ3) is 3.87. The highest BCUT2D eigenvalue weighted by molar-refractivity contribution is 8.45. The number of halogens is 7. The zero-order chi connectivity index (χ0) is 13.8. The molecule has 17 heavy (non-hydrogen) atoms. The van der Waals surface area contributed by atoms with E-state index in [1.165, 1.54) is 0 Å². The molecule has 2 nitrogen and oxygen atoms in total. The first-order valence-electron chi connectivity index (χ1n) is 3.59. The van der Waals surface area contributed by atoms with E-state index >= 15 is 0 Å². The lowest BCUT2D eigenvalue weighted by Gasteiger charge is -2.40. The second-order valence-corrected chi connectivity index (χ2v) is 8.44. The maximum Gasteiger partial charge on any atom is 0.310 e. The molecular weight excluding hydrogens is 334 g/mol. The van der Waals surface area contributed by atoms with E-state index in [2.05, 4.69) is 0 Å². The fourth-order valence-electron chi connectivity index (χ4n) is 0.901. The van der Waals surface area contributed by atoms with Gasteiger partial charge in [-0.1, -0.05) is 31.0 Å². The first-order valence-corrected chi connectivity index (χ1v) is 8.23. The molecule has 100 valence electrons. The molecule has 0 N–H and O–H groups in total. The second kappa shape index (κ2) is 3.19. The van der Waals surface area contributed by atoms with Crippen molar-refractivity contribution in [3.63, 3.8) is 0 Å². The zero-order valence-corrected chi connectivity index (χ0v) is 10.7. The van der Waals surface area contributed by atoms with Crippen LogP contribution >= 0.6 is 32.5 Å². The quantitative estimate of drug-likeness (QED) is 0.567. The Labute approximate surface area is 102 Å². The van der Waals surface area contributed by atoms with E-state index < -0.39 is 34.1 Å². The van der Waals surface area contributed by atoms with E-state index in [0.29, 0.717) is 6.07 Å². The normalized spacial score (nSPS) is 17.4. The van der Waals surface area contributed by atoms with Crippen LogP contribution in [0.2, 0.25) is 5.02 Å². The van der Waals surface area contributed by atoms with Crippen LogP contribution < -0.4 is 0 Å². The van der Waals surface area contributed by atoms with Crippen molar-refractivity contribution < 1.29 is 27.8 Å². The fourth-order valence-corrected chi connectivity index (χ4v) is 2.84. The molecule has 0 aromatic heterocycles. The number of hydrogen-bond acceptors (Lipinski definition) is 2. The van der Waals surface area contributed by atoms with Crippen molar-refractivity contribution in [2.24, 2.45) is 0 Å². The third-order valence-electron chi connectivity index (χ3n) is 1.57. The molecule has 0 amide bonds. The van der Waals surface area contributed by atoms with Gasteiger partial charge < -0.3 is 0 Å². The zero-order valence-electron chi connectivity index (χ0n) is 7.51. The molecule has 1 aromatic rings. The van der Waals surface area contributed by atoms with Crippen molar-refractivity contribution in [3.8, 4) is 0 Å². The minimum absolute atomic E-state index is 0.0608. The molecule has 0 spiro atoms. The Hall–Kier alpha value is -0.250. The van der Waals surface area contributed by atoms with Gasteiger partial charge in [0, 0.05) is 15.7 Å². The van der Waals surface area contributed by atoms with Gasteiger partial charge >= 0.3 is 10.2 Å². The van der Waals surface area contributed by atoms with Crippen molar-refractivity contribution in [2.75, 3.05) is 0 Å². The second-order valence-electron chi connectivity index (χ2n) is 3.03. The lowest BCUT2D eigenvalue weighted by atomic mass is 10.4. The van der Waals surface area contributed by atoms with Gasteiger partial charge in [0.05, 0.1) is 4.90 Å². The Morgan fingerprint density at radius 3 is 1.82 bits per heavy atom. The molecule has 0 heterocycles. The molecule has 0 saturated heterocycles. The van der Waals surface area contributed by atoms with Crippen LogP contribution in [0.4, 0.5) is 19.4 Å². The van der Waals surface area contributed by atoms with E-state index in [9.17, 15) is 27.8 Å². The molecule has 0 bridgehead atoms. The first kappa shape index (κ1) is 14.8. The van der Waals surface area contributed by atoms with Gasteiger partial charge in [-0.3, -0.25) is 0 Å². The van der Waals surface area contributed by atoms with Crippen LogP contribution in [0.1, 0.15) is 0 Å². The summed E-state index contributed by atoms with van der Waals surface area (Å²) in [6.45, 7) is 0. The summed E-state index contributed by atoms with van der Waals surface area (Å²) in [5, 5.41) is -0.810. The molecule has 0 aliphatic heterocycles. The van der Waals surface area contributed by atoms with Crippen molar-refractivity contribution in [1.82, 2.24) is 0 Å². The van der Waals surface area contributed by atoms with E-state index in [1.54, 1.807) is 0 Å². The molecule has 0 saturated carbocycles. The monoisotopic (exact) mass is 336 g/mol. The predicted molar refractivity (Wildman–Crippen MR) is 55.9 cm³/mol. The fraction of sp³-hybridized carbons (Fsp3) is 0. The highest BCUT2D eigenvalue weighted by Crippen LogP contribution is 3.02. The van der Waals surface area contributed by atoms with Gasteiger partial charge in [0.15, 0.2) is 0 Å². The molecule has 11 heteroatoms. The van der Waals surface area contributed by atoms with Gasteiger partial charge in [0.25, 0.3) is 9.05 Å². The Morgan fingerprint density at radius 2 is 1.47 bits per heavy atom. The van der Waals surface area contributed by atoms with Crippen molar-refractivity contribution in [2.45, 2.75) is 9.79 Å². The van der Waals surface area contributed by atoms with E-state index in [0.717, 1.165) is 0 Å².